The van der Waals surface area contributed by atoms with Gasteiger partial charge in [-0.2, -0.15) is 20.2 Å². The summed E-state index contributed by atoms with van der Waals surface area (Å²) in [6.07, 6.45) is -5.27. The van der Waals surface area contributed by atoms with Gasteiger partial charge in [0.2, 0.25) is 5.91 Å². The maximum Gasteiger partial charge on any atom is 0.418 e. The van der Waals surface area contributed by atoms with Crippen molar-refractivity contribution in [2.75, 3.05) is 12.4 Å². The summed E-state index contributed by atoms with van der Waals surface area (Å²) >= 11 is 12.0. The van der Waals surface area contributed by atoms with Gasteiger partial charge in [0.1, 0.15) is 5.58 Å². The fourth-order valence-corrected chi connectivity index (χ4v) is 4.29. The minimum Gasteiger partial charge on any atom is -0.661 e. The number of nitrogens with zero attached hydrogens (tertiary/aromatic N) is 1. The minimum atomic E-state index is -4.75. The quantitative estimate of drug-likeness (QED) is 0.208. The van der Waals surface area contributed by atoms with Gasteiger partial charge in [-0.15, -0.1) is 6.54 Å². The van der Waals surface area contributed by atoms with Gasteiger partial charge in [-0.1, -0.05) is 53.5 Å². The molecule has 1 amide bonds. The van der Waals surface area contributed by atoms with E-state index in [0.717, 1.165) is 12.1 Å². The summed E-state index contributed by atoms with van der Waals surface area (Å²) in [6.45, 7) is 0.314. The second kappa shape index (κ2) is 12.3. The molecular formula is C26H18AcCl2F3N2O3-. The van der Waals surface area contributed by atoms with Crippen LogP contribution in [0.1, 0.15) is 16.7 Å². The van der Waals surface area contributed by atoms with Gasteiger partial charge in [-0.25, -0.2) is 4.79 Å². The van der Waals surface area contributed by atoms with Crippen molar-refractivity contribution in [3.8, 4) is 11.1 Å². The Morgan fingerprint density at radius 1 is 1.05 bits per heavy atom. The number of nitrogens with one attached hydrogen (secondary N) is 1. The topological polar surface area (TPSA) is 73.4 Å². The van der Waals surface area contributed by atoms with Crippen molar-refractivity contribution >= 4 is 45.8 Å². The standard InChI is InChI=1S/C26H18Cl2F3N2O3.Ac/c1-32-13-15-9-17-22(12-20(15)28)36-25(35)18(24(17)14-5-3-2-4-6-14)11-23(34)33-21-8-7-16(27)10-19(21)26(29,30)31;/h2-10,12H,11,13H2,1H3,(H,33,34);/q-1;. The molecule has 3 aromatic carbocycles. The van der Waals surface area contributed by atoms with Gasteiger partial charge in [0, 0.05) is 71.1 Å². The summed E-state index contributed by atoms with van der Waals surface area (Å²) < 4.78 is 45.9. The van der Waals surface area contributed by atoms with Crippen molar-refractivity contribution in [3.05, 3.63) is 103 Å². The maximum atomic E-state index is 13.5. The van der Waals surface area contributed by atoms with Crippen LogP contribution in [0.4, 0.5) is 18.9 Å². The van der Waals surface area contributed by atoms with E-state index in [9.17, 15) is 22.8 Å². The van der Waals surface area contributed by atoms with Gasteiger partial charge in [0.25, 0.3) is 0 Å². The molecule has 189 valence electrons. The van der Waals surface area contributed by atoms with Crippen molar-refractivity contribution in [2.45, 2.75) is 19.1 Å². The minimum absolute atomic E-state index is 0. The first-order chi connectivity index (χ1) is 17.1. The Balaban J connectivity index is 0.00000380. The number of benzene rings is 3. The van der Waals surface area contributed by atoms with Gasteiger partial charge in [-0.3, -0.25) is 4.79 Å². The molecule has 1 heterocycles. The van der Waals surface area contributed by atoms with E-state index in [4.69, 9.17) is 27.6 Å². The molecule has 0 aliphatic rings. The Labute approximate surface area is 255 Å². The van der Waals surface area contributed by atoms with Crippen LogP contribution in [0.15, 0.2) is 69.9 Å². The number of rotatable bonds is 6. The molecule has 0 aliphatic heterocycles. The summed E-state index contributed by atoms with van der Waals surface area (Å²) in [5.41, 5.74) is -0.417. The third-order valence-corrected chi connectivity index (χ3v) is 6.05. The van der Waals surface area contributed by atoms with E-state index in [-0.39, 0.29) is 60.2 Å². The molecule has 1 N–H and O–H groups in total. The van der Waals surface area contributed by atoms with Crippen LogP contribution >= 0.6 is 23.2 Å². The second-order valence-corrected chi connectivity index (χ2v) is 8.78. The van der Waals surface area contributed by atoms with Gasteiger partial charge in [0.15, 0.2) is 0 Å². The average Bonchev–Trinajstić information content (AvgIpc) is 2.82. The first-order valence-electron chi connectivity index (χ1n) is 10.6. The Morgan fingerprint density at radius 3 is 2.41 bits per heavy atom. The van der Waals surface area contributed by atoms with Crippen molar-refractivity contribution < 1.29 is 66.4 Å². The zero-order chi connectivity index (χ0) is 26.0. The predicted molar refractivity (Wildman–Crippen MR) is 135 cm³/mol. The third kappa shape index (κ3) is 6.76. The largest absolute Gasteiger partial charge is 0.661 e. The summed E-state index contributed by atoms with van der Waals surface area (Å²) in [5.74, 6) is -0.829. The van der Waals surface area contributed by atoms with E-state index in [1.165, 1.54) is 12.1 Å². The van der Waals surface area contributed by atoms with Gasteiger partial charge in [-0.05, 0) is 35.4 Å². The molecule has 4 aromatic rings. The number of carbonyl (C=O) groups excluding carboxylic acids is 1. The Hall–Kier alpha value is -1.89. The molecular weight excluding hydrogens is 743 g/mol. The van der Waals surface area contributed by atoms with Gasteiger partial charge < -0.3 is 15.1 Å². The molecule has 0 aliphatic carbocycles. The number of anilines is 1. The van der Waals surface area contributed by atoms with E-state index in [1.54, 1.807) is 43.4 Å². The monoisotopic (exact) mass is 760 g/mol. The number of hydrogen-bond acceptors (Lipinski definition) is 3. The van der Waals surface area contributed by atoms with E-state index < -0.39 is 35.4 Å². The zero-order valence-corrected chi connectivity index (χ0v) is 25.6. The third-order valence-electron chi connectivity index (χ3n) is 5.46. The van der Waals surface area contributed by atoms with Crippen LogP contribution in [0, 0.1) is 44.1 Å². The van der Waals surface area contributed by atoms with Crippen molar-refractivity contribution in [1.29, 1.82) is 0 Å². The predicted octanol–water partition coefficient (Wildman–Crippen LogP) is 7.47. The summed E-state index contributed by atoms with van der Waals surface area (Å²) in [7, 11) is 1.63. The smallest absolute Gasteiger partial charge is 0.418 e. The summed E-state index contributed by atoms with van der Waals surface area (Å²) in [5, 5.41) is 7.11. The Kier molecular flexibility index (Phi) is 9.87. The number of carbonyl (C=O) groups is 1. The molecule has 0 spiro atoms. The van der Waals surface area contributed by atoms with Crippen LogP contribution < -0.4 is 10.9 Å². The van der Waals surface area contributed by atoms with E-state index in [0.29, 0.717) is 33.6 Å². The van der Waals surface area contributed by atoms with Gasteiger partial charge >= 0.3 is 11.8 Å². The fourth-order valence-electron chi connectivity index (χ4n) is 3.91. The number of hydrogen-bond donors (Lipinski definition) is 1. The Bertz CT molecular complexity index is 1510. The normalized spacial score (nSPS) is 11.3. The molecule has 1 aromatic heterocycles. The average molecular weight is 761 g/mol. The number of alkyl halides is 3. The first-order valence-corrected chi connectivity index (χ1v) is 11.4. The van der Waals surface area contributed by atoms with E-state index in [2.05, 4.69) is 10.6 Å². The molecule has 0 fully saturated rings. The van der Waals surface area contributed by atoms with E-state index in [1.807, 2.05) is 0 Å². The second-order valence-electron chi connectivity index (χ2n) is 7.94. The molecule has 5 nitrogen and oxygen atoms in total. The van der Waals surface area contributed by atoms with Crippen molar-refractivity contribution in [1.82, 2.24) is 0 Å². The van der Waals surface area contributed by atoms with Crippen LogP contribution in [0.25, 0.3) is 27.4 Å². The van der Waals surface area contributed by atoms with Crippen molar-refractivity contribution in [3.63, 3.8) is 0 Å². The molecule has 4 rings (SSSR count). The molecule has 0 saturated carbocycles. The van der Waals surface area contributed by atoms with Crippen LogP contribution in [-0.4, -0.2) is 13.0 Å². The Morgan fingerprint density at radius 2 is 1.76 bits per heavy atom. The van der Waals surface area contributed by atoms with E-state index >= 15 is 0 Å². The van der Waals surface area contributed by atoms with Crippen LogP contribution in [0.2, 0.25) is 10.0 Å². The number of fused-ring (bicyclic) bond motifs is 1. The van der Waals surface area contributed by atoms with Crippen LogP contribution in [0.5, 0.6) is 0 Å². The number of amides is 1. The summed E-state index contributed by atoms with van der Waals surface area (Å²) in [6, 6.07) is 15.1. The molecule has 37 heavy (non-hydrogen) atoms. The SMILES string of the molecule is C[N-]Cc1cc2c(-c3ccccc3)c(CC(=O)Nc3ccc(Cl)cc3C(F)(F)F)c(=O)oc2cc1Cl.[Ac]. The van der Waals surface area contributed by atoms with Gasteiger partial charge in [0.05, 0.1) is 23.2 Å². The molecule has 1 radical (unpaired) electrons. The molecule has 0 unspecified atom stereocenters. The molecule has 0 bridgehead atoms. The van der Waals surface area contributed by atoms with Crippen LogP contribution in [-0.2, 0) is 23.9 Å². The fraction of sp³-hybridized carbons (Fsp3) is 0.154. The maximum absolute atomic E-state index is 13.5. The first kappa shape index (κ1) is 29.7. The molecule has 0 saturated heterocycles. The zero-order valence-electron chi connectivity index (χ0n) is 19.3. The van der Waals surface area contributed by atoms with Crippen LogP contribution in [0.3, 0.4) is 0 Å². The van der Waals surface area contributed by atoms with Crippen molar-refractivity contribution in [2.24, 2.45) is 0 Å². The number of halogens is 5. The summed E-state index contributed by atoms with van der Waals surface area (Å²) in [4.78, 5) is 25.9. The molecule has 11 heteroatoms. The molecule has 0 atom stereocenters.